The number of nitrogens with one attached hydrogen (secondary N) is 1. The molecule has 0 aliphatic heterocycles. The Hall–Kier alpha value is -1.63. The van der Waals surface area contributed by atoms with Gasteiger partial charge >= 0.3 is 0 Å². The van der Waals surface area contributed by atoms with Gasteiger partial charge in [0.25, 0.3) is 0 Å². The quantitative estimate of drug-likeness (QED) is 0.736. The Bertz CT molecular complexity index is 699. The van der Waals surface area contributed by atoms with Crippen molar-refractivity contribution in [2.24, 2.45) is 5.73 Å². The van der Waals surface area contributed by atoms with Crippen LogP contribution in [0.5, 0.6) is 0 Å². The van der Waals surface area contributed by atoms with Crippen LogP contribution in [0.15, 0.2) is 40.4 Å². The topological polar surface area (TPSA) is 80.9 Å². The minimum Gasteiger partial charge on any atom is -0.325 e. The van der Waals surface area contributed by atoms with Crippen LogP contribution in [0.3, 0.4) is 0 Å². The van der Waals surface area contributed by atoms with E-state index in [1.165, 1.54) is 11.8 Å². The number of benzene rings is 1. The van der Waals surface area contributed by atoms with Gasteiger partial charge in [-0.05, 0) is 69.3 Å². The molecule has 1 unspecified atom stereocenters. The summed E-state index contributed by atoms with van der Waals surface area (Å²) in [6.45, 7) is 7.68. The fourth-order valence-electron chi connectivity index (χ4n) is 2.36. The molecule has 1 aromatic carbocycles. The van der Waals surface area contributed by atoms with Crippen LogP contribution in [0.1, 0.15) is 38.1 Å². The average Bonchev–Trinajstić information content (AvgIpc) is 2.48. The van der Waals surface area contributed by atoms with E-state index < -0.39 is 5.54 Å². The van der Waals surface area contributed by atoms with Gasteiger partial charge in [-0.3, -0.25) is 4.79 Å². The van der Waals surface area contributed by atoms with E-state index in [1.807, 2.05) is 51.1 Å². The number of hydrogen-bond donors (Lipinski definition) is 2. The van der Waals surface area contributed by atoms with Crippen LogP contribution in [0.4, 0.5) is 5.69 Å². The lowest BCUT2D eigenvalue weighted by Gasteiger charge is -2.22. The van der Waals surface area contributed by atoms with E-state index in [2.05, 4.69) is 15.3 Å². The van der Waals surface area contributed by atoms with Gasteiger partial charge in [0.05, 0.1) is 5.54 Å². The summed E-state index contributed by atoms with van der Waals surface area (Å²) in [5, 5.41) is 3.60. The molecule has 1 atom stereocenters. The lowest BCUT2D eigenvalue weighted by atomic mass is 9.96. The minimum atomic E-state index is -0.852. The molecule has 25 heavy (non-hydrogen) atoms. The van der Waals surface area contributed by atoms with Crippen LogP contribution in [-0.2, 0) is 4.79 Å². The average molecular weight is 381 g/mol. The first-order valence-corrected chi connectivity index (χ1v) is 8.82. The molecule has 5 nitrogen and oxygen atoms in total. The SMILES string of the molecule is CCCC(C)(N)C(=O)Nc1ccc(Sc2nc(C)cc(C)n2)cc1.Cl. The van der Waals surface area contributed by atoms with E-state index in [0.717, 1.165) is 33.5 Å². The van der Waals surface area contributed by atoms with Crippen molar-refractivity contribution in [1.29, 1.82) is 0 Å². The molecule has 7 heteroatoms. The van der Waals surface area contributed by atoms with Crippen molar-refractivity contribution in [2.45, 2.75) is 56.1 Å². The molecule has 1 aromatic heterocycles. The van der Waals surface area contributed by atoms with Gasteiger partial charge in [0.1, 0.15) is 0 Å². The van der Waals surface area contributed by atoms with Crippen molar-refractivity contribution >= 4 is 35.8 Å². The van der Waals surface area contributed by atoms with Gasteiger partial charge in [-0.25, -0.2) is 9.97 Å². The number of nitrogens with zero attached hydrogens (tertiary/aromatic N) is 2. The first-order chi connectivity index (χ1) is 11.3. The molecule has 0 spiro atoms. The van der Waals surface area contributed by atoms with Gasteiger partial charge in [-0.1, -0.05) is 13.3 Å². The molecule has 0 aliphatic carbocycles. The highest BCUT2D eigenvalue weighted by Crippen LogP contribution is 2.26. The number of carbonyl (C=O) groups excluding carboxylic acids is 1. The van der Waals surface area contributed by atoms with Crippen molar-refractivity contribution in [2.75, 3.05) is 5.32 Å². The Kier molecular flexibility index (Phi) is 7.86. The minimum absolute atomic E-state index is 0. The third-order valence-electron chi connectivity index (χ3n) is 3.57. The monoisotopic (exact) mass is 380 g/mol. The number of amides is 1. The summed E-state index contributed by atoms with van der Waals surface area (Å²) >= 11 is 1.50. The van der Waals surface area contributed by atoms with Crippen LogP contribution in [-0.4, -0.2) is 21.4 Å². The van der Waals surface area contributed by atoms with Gasteiger partial charge in [-0.15, -0.1) is 12.4 Å². The van der Waals surface area contributed by atoms with Gasteiger partial charge in [0.15, 0.2) is 5.16 Å². The van der Waals surface area contributed by atoms with E-state index in [1.54, 1.807) is 6.92 Å². The normalized spacial score (nSPS) is 12.8. The number of aromatic nitrogens is 2. The molecule has 0 radical (unpaired) electrons. The Morgan fingerprint density at radius 1 is 1.20 bits per heavy atom. The largest absolute Gasteiger partial charge is 0.325 e. The standard InChI is InChI=1S/C18H24N4OS.ClH/c1-5-10-18(4,19)16(23)22-14-6-8-15(9-7-14)24-17-20-12(2)11-13(3)21-17;/h6-9,11H,5,10,19H2,1-4H3,(H,22,23);1H. The Morgan fingerprint density at radius 2 is 1.76 bits per heavy atom. The predicted octanol–water partition coefficient (Wildman–Crippen LogP) is 4.12. The predicted molar refractivity (Wildman–Crippen MR) is 105 cm³/mol. The molecule has 2 aromatic rings. The molecule has 136 valence electrons. The van der Waals surface area contributed by atoms with Gasteiger partial charge in [0, 0.05) is 22.0 Å². The molecule has 3 N–H and O–H groups in total. The fraction of sp³-hybridized carbons (Fsp3) is 0.389. The van der Waals surface area contributed by atoms with Gasteiger partial charge < -0.3 is 11.1 Å². The Labute approximate surface area is 159 Å². The van der Waals surface area contributed by atoms with E-state index in [0.29, 0.717) is 6.42 Å². The van der Waals surface area contributed by atoms with E-state index >= 15 is 0 Å². The molecule has 0 bridgehead atoms. The molecular weight excluding hydrogens is 356 g/mol. The zero-order chi connectivity index (χ0) is 17.7. The third-order valence-corrected chi connectivity index (χ3v) is 4.44. The lowest BCUT2D eigenvalue weighted by Crippen LogP contribution is -2.48. The lowest BCUT2D eigenvalue weighted by molar-refractivity contribution is -0.120. The van der Waals surface area contributed by atoms with E-state index in [-0.39, 0.29) is 18.3 Å². The molecule has 0 aliphatic rings. The smallest absolute Gasteiger partial charge is 0.244 e. The van der Waals surface area contributed by atoms with Crippen molar-refractivity contribution in [3.63, 3.8) is 0 Å². The first-order valence-electron chi connectivity index (χ1n) is 8.00. The summed E-state index contributed by atoms with van der Waals surface area (Å²) in [7, 11) is 0. The van der Waals surface area contributed by atoms with Crippen molar-refractivity contribution < 1.29 is 4.79 Å². The van der Waals surface area contributed by atoms with E-state index in [9.17, 15) is 4.79 Å². The maximum absolute atomic E-state index is 12.2. The maximum Gasteiger partial charge on any atom is 0.244 e. The summed E-state index contributed by atoms with van der Waals surface area (Å²) < 4.78 is 0. The Morgan fingerprint density at radius 3 is 2.28 bits per heavy atom. The number of aryl methyl sites for hydroxylation is 2. The van der Waals surface area contributed by atoms with Crippen LogP contribution >= 0.6 is 24.2 Å². The number of rotatable bonds is 6. The highest BCUT2D eigenvalue weighted by atomic mass is 35.5. The second kappa shape index (κ2) is 9.17. The molecule has 2 rings (SSSR count). The number of nitrogens with two attached hydrogens (primary N) is 1. The molecule has 0 fully saturated rings. The summed E-state index contributed by atoms with van der Waals surface area (Å²) in [6, 6.07) is 9.56. The molecule has 1 heterocycles. The number of hydrogen-bond acceptors (Lipinski definition) is 5. The van der Waals surface area contributed by atoms with Crippen LogP contribution < -0.4 is 11.1 Å². The number of halogens is 1. The summed E-state index contributed by atoms with van der Waals surface area (Å²) in [5.41, 5.74) is 7.83. The zero-order valence-corrected chi connectivity index (χ0v) is 16.6. The molecule has 0 saturated carbocycles. The van der Waals surface area contributed by atoms with Crippen molar-refractivity contribution in [3.8, 4) is 0 Å². The maximum atomic E-state index is 12.2. The summed E-state index contributed by atoms with van der Waals surface area (Å²) in [6.07, 6.45) is 1.52. The van der Waals surface area contributed by atoms with Crippen LogP contribution in [0.25, 0.3) is 0 Å². The first kappa shape index (κ1) is 21.4. The second-order valence-corrected chi connectivity index (χ2v) is 7.22. The van der Waals surface area contributed by atoms with Gasteiger partial charge in [-0.2, -0.15) is 0 Å². The highest BCUT2D eigenvalue weighted by Gasteiger charge is 2.27. The number of carbonyl (C=O) groups is 1. The molecule has 0 saturated heterocycles. The van der Waals surface area contributed by atoms with E-state index in [4.69, 9.17) is 5.73 Å². The highest BCUT2D eigenvalue weighted by molar-refractivity contribution is 7.99. The van der Waals surface area contributed by atoms with Crippen molar-refractivity contribution in [1.82, 2.24) is 9.97 Å². The Balaban J connectivity index is 0.00000312. The third kappa shape index (κ3) is 6.30. The molecule has 1 amide bonds. The summed E-state index contributed by atoms with van der Waals surface area (Å²) in [4.78, 5) is 22.1. The number of anilines is 1. The van der Waals surface area contributed by atoms with Crippen LogP contribution in [0.2, 0.25) is 0 Å². The fourth-order valence-corrected chi connectivity index (χ4v) is 3.22. The summed E-state index contributed by atoms with van der Waals surface area (Å²) in [5.74, 6) is -0.164. The van der Waals surface area contributed by atoms with Crippen LogP contribution in [0, 0.1) is 13.8 Å². The van der Waals surface area contributed by atoms with Gasteiger partial charge in [0.2, 0.25) is 5.91 Å². The van der Waals surface area contributed by atoms with Crippen molar-refractivity contribution in [3.05, 3.63) is 41.7 Å². The zero-order valence-electron chi connectivity index (χ0n) is 15.0. The second-order valence-electron chi connectivity index (χ2n) is 6.18. The molecular formula is C18H25ClN4OS.